The molecule has 2 atom stereocenters. The van der Waals surface area contributed by atoms with Gasteiger partial charge >= 0.3 is 6.61 Å². The fraction of sp³-hybridized carbons (Fsp3) is 0.500. The number of rotatable bonds is 6. The van der Waals surface area contributed by atoms with Gasteiger partial charge in [0.05, 0.1) is 17.5 Å². The number of likely N-dealkylation sites (tertiary alicyclic amines) is 1. The third kappa shape index (κ3) is 3.84. The van der Waals surface area contributed by atoms with E-state index >= 15 is 0 Å². The van der Waals surface area contributed by atoms with Crippen LogP contribution in [0.3, 0.4) is 0 Å². The van der Waals surface area contributed by atoms with E-state index in [0.29, 0.717) is 0 Å². The van der Waals surface area contributed by atoms with Crippen LogP contribution >= 0.6 is 0 Å². The Hall–Kier alpha value is -2.51. The smallest absolute Gasteiger partial charge is 0.387 e. The van der Waals surface area contributed by atoms with Gasteiger partial charge in [0, 0.05) is 13.0 Å². The summed E-state index contributed by atoms with van der Waals surface area (Å²) >= 11 is 0. The first-order chi connectivity index (χ1) is 12.5. The lowest BCUT2D eigenvalue weighted by Gasteiger charge is -2.19. The Balaban J connectivity index is 1.58. The van der Waals surface area contributed by atoms with Gasteiger partial charge in [-0.1, -0.05) is 25.0 Å². The molecule has 0 bridgehead atoms. The van der Waals surface area contributed by atoms with E-state index in [1.54, 1.807) is 6.07 Å². The molecule has 140 valence electrons. The highest BCUT2D eigenvalue weighted by Gasteiger charge is 2.47. The number of nitrogens with zero attached hydrogens (tertiary/aromatic N) is 1. The minimum Gasteiger partial charge on any atom is -0.433 e. The van der Waals surface area contributed by atoms with Crippen molar-refractivity contribution in [3.05, 3.63) is 24.3 Å². The Kier molecular flexibility index (Phi) is 5.49. The van der Waals surface area contributed by atoms with Crippen LogP contribution in [0.2, 0.25) is 0 Å². The summed E-state index contributed by atoms with van der Waals surface area (Å²) in [6, 6.07) is 5.85. The quantitative estimate of drug-likeness (QED) is 0.786. The van der Waals surface area contributed by atoms with Crippen molar-refractivity contribution in [3.8, 4) is 5.75 Å². The van der Waals surface area contributed by atoms with Gasteiger partial charge in [0.2, 0.25) is 17.7 Å². The van der Waals surface area contributed by atoms with Gasteiger partial charge in [-0.2, -0.15) is 8.78 Å². The molecule has 0 radical (unpaired) electrons. The summed E-state index contributed by atoms with van der Waals surface area (Å²) < 4.78 is 29.2. The van der Waals surface area contributed by atoms with Crippen LogP contribution in [0.15, 0.2) is 24.3 Å². The first-order valence-corrected chi connectivity index (χ1v) is 8.66. The van der Waals surface area contributed by atoms with E-state index < -0.39 is 12.5 Å². The van der Waals surface area contributed by atoms with Crippen LogP contribution in [0.5, 0.6) is 5.75 Å². The summed E-state index contributed by atoms with van der Waals surface area (Å²) in [7, 11) is 0. The number of para-hydroxylation sites is 2. The standard InChI is InChI=1S/C18H20F2N2O4/c19-18(20)26-14-8-4-3-7-13(14)21-15(23)9-10-22-16(24)11-5-1-2-6-12(11)17(22)25/h3-4,7-8,11-12,18H,1-2,5-6,9-10H2,(H,21,23)/t11-,12-/m0/s1. The fourth-order valence-electron chi connectivity index (χ4n) is 3.65. The van der Waals surface area contributed by atoms with Crippen LogP contribution in [0.4, 0.5) is 14.5 Å². The number of carbonyl (C=O) groups is 3. The molecule has 2 fully saturated rings. The van der Waals surface area contributed by atoms with E-state index in [1.807, 2.05) is 0 Å². The number of fused-ring (bicyclic) bond motifs is 1. The van der Waals surface area contributed by atoms with Crippen LogP contribution in [0.1, 0.15) is 32.1 Å². The lowest BCUT2D eigenvalue weighted by molar-refractivity contribution is -0.140. The zero-order valence-corrected chi connectivity index (χ0v) is 14.1. The SMILES string of the molecule is O=C(CCN1C(=O)[C@H]2CCCC[C@@H]2C1=O)Nc1ccccc1OC(F)F. The van der Waals surface area contributed by atoms with Crippen LogP contribution < -0.4 is 10.1 Å². The first kappa shape index (κ1) is 18.3. The molecule has 1 aliphatic heterocycles. The number of benzene rings is 1. The molecule has 1 saturated heterocycles. The second kappa shape index (κ2) is 7.80. The number of carbonyl (C=O) groups excluding carboxylic acids is 3. The molecule has 1 saturated carbocycles. The van der Waals surface area contributed by atoms with Crippen LogP contribution in [-0.4, -0.2) is 35.8 Å². The van der Waals surface area contributed by atoms with E-state index in [9.17, 15) is 23.2 Å². The van der Waals surface area contributed by atoms with E-state index in [-0.39, 0.29) is 48.1 Å². The number of nitrogens with one attached hydrogen (secondary N) is 1. The predicted octanol–water partition coefficient (Wildman–Crippen LogP) is 2.79. The van der Waals surface area contributed by atoms with Crippen molar-refractivity contribution >= 4 is 23.4 Å². The molecule has 0 aromatic heterocycles. The first-order valence-electron chi connectivity index (χ1n) is 8.66. The Bertz CT molecular complexity index is 686. The summed E-state index contributed by atoms with van der Waals surface area (Å²) in [5.74, 6) is -1.53. The van der Waals surface area contributed by atoms with E-state index in [2.05, 4.69) is 10.1 Å². The molecule has 1 aromatic carbocycles. The van der Waals surface area contributed by atoms with Gasteiger partial charge < -0.3 is 10.1 Å². The maximum absolute atomic E-state index is 12.4. The molecule has 2 aliphatic rings. The molecule has 1 heterocycles. The third-order valence-corrected chi connectivity index (χ3v) is 4.87. The maximum atomic E-state index is 12.4. The summed E-state index contributed by atoms with van der Waals surface area (Å²) in [6.45, 7) is -3.01. The highest BCUT2D eigenvalue weighted by molar-refractivity contribution is 6.05. The highest BCUT2D eigenvalue weighted by atomic mass is 19.3. The zero-order valence-electron chi connectivity index (χ0n) is 14.1. The van der Waals surface area contributed by atoms with Crippen molar-refractivity contribution in [1.82, 2.24) is 4.90 Å². The minimum atomic E-state index is -3.00. The molecule has 6 nitrogen and oxygen atoms in total. The van der Waals surface area contributed by atoms with Gasteiger partial charge in [0.1, 0.15) is 5.75 Å². The van der Waals surface area contributed by atoms with E-state index in [4.69, 9.17) is 0 Å². The topological polar surface area (TPSA) is 75.7 Å². The number of hydrogen-bond acceptors (Lipinski definition) is 4. The van der Waals surface area contributed by atoms with E-state index in [1.165, 1.54) is 23.1 Å². The average Bonchev–Trinajstić information content (AvgIpc) is 2.86. The van der Waals surface area contributed by atoms with E-state index in [0.717, 1.165) is 25.7 Å². The Morgan fingerprint density at radius 1 is 1.15 bits per heavy atom. The van der Waals surface area contributed by atoms with Crippen molar-refractivity contribution in [2.24, 2.45) is 11.8 Å². The summed E-state index contributed by atoms with van der Waals surface area (Å²) in [4.78, 5) is 38.0. The maximum Gasteiger partial charge on any atom is 0.387 e. The van der Waals surface area contributed by atoms with Gasteiger partial charge in [0.15, 0.2) is 0 Å². The molecule has 26 heavy (non-hydrogen) atoms. The van der Waals surface area contributed by atoms with Gasteiger partial charge in [-0.3, -0.25) is 19.3 Å². The number of amides is 3. The van der Waals surface area contributed by atoms with Crippen molar-refractivity contribution in [1.29, 1.82) is 0 Å². The second-order valence-corrected chi connectivity index (χ2v) is 6.50. The number of alkyl halides is 2. The molecule has 1 aromatic rings. The fourth-order valence-corrected chi connectivity index (χ4v) is 3.65. The molecule has 1 aliphatic carbocycles. The Labute approximate surface area is 149 Å². The summed E-state index contributed by atoms with van der Waals surface area (Å²) in [5.41, 5.74) is 0.116. The molecular formula is C18H20F2N2O4. The molecule has 3 amide bonds. The number of halogens is 2. The molecule has 0 spiro atoms. The zero-order chi connectivity index (χ0) is 18.7. The molecule has 1 N–H and O–H groups in total. The highest BCUT2D eigenvalue weighted by Crippen LogP contribution is 2.38. The number of imide groups is 1. The molecule has 8 heteroatoms. The van der Waals surface area contributed by atoms with Crippen LogP contribution in [0, 0.1) is 11.8 Å². The minimum absolute atomic E-state index is 0.00558. The van der Waals surface area contributed by atoms with Crippen molar-refractivity contribution in [2.75, 3.05) is 11.9 Å². The number of ether oxygens (including phenoxy) is 1. The monoisotopic (exact) mass is 366 g/mol. The van der Waals surface area contributed by atoms with Crippen molar-refractivity contribution in [3.63, 3.8) is 0 Å². The van der Waals surface area contributed by atoms with Gasteiger partial charge in [-0.25, -0.2) is 0 Å². The molecule has 3 rings (SSSR count). The largest absolute Gasteiger partial charge is 0.433 e. The van der Waals surface area contributed by atoms with Crippen LogP contribution in [0.25, 0.3) is 0 Å². The van der Waals surface area contributed by atoms with Gasteiger partial charge in [-0.05, 0) is 25.0 Å². The lowest BCUT2D eigenvalue weighted by atomic mass is 9.81. The van der Waals surface area contributed by atoms with Crippen molar-refractivity contribution < 1.29 is 27.9 Å². The lowest BCUT2D eigenvalue weighted by Crippen LogP contribution is -2.34. The molecule has 0 unspecified atom stereocenters. The summed E-state index contributed by atoms with van der Waals surface area (Å²) in [6.07, 6.45) is 3.22. The predicted molar refractivity (Wildman–Crippen MR) is 88.5 cm³/mol. The van der Waals surface area contributed by atoms with Gasteiger partial charge in [0.25, 0.3) is 0 Å². The molecular weight excluding hydrogens is 346 g/mol. The third-order valence-electron chi connectivity index (χ3n) is 4.87. The summed E-state index contributed by atoms with van der Waals surface area (Å²) in [5, 5.41) is 2.49. The second-order valence-electron chi connectivity index (χ2n) is 6.50. The number of hydrogen-bond donors (Lipinski definition) is 1. The Morgan fingerprint density at radius 2 is 1.77 bits per heavy atom. The average molecular weight is 366 g/mol. The number of anilines is 1. The van der Waals surface area contributed by atoms with Crippen molar-refractivity contribution in [2.45, 2.75) is 38.7 Å². The Morgan fingerprint density at radius 3 is 2.38 bits per heavy atom. The normalized spacial score (nSPS) is 22.5. The van der Waals surface area contributed by atoms with Crippen LogP contribution in [-0.2, 0) is 14.4 Å². The van der Waals surface area contributed by atoms with Gasteiger partial charge in [-0.15, -0.1) is 0 Å².